The van der Waals surface area contributed by atoms with Gasteiger partial charge in [-0.25, -0.2) is 4.79 Å². The number of amides is 1. The first-order valence-electron chi connectivity index (χ1n) is 7.73. The normalized spacial score (nSPS) is 16.7. The Balaban J connectivity index is 1.83. The number of Topliss-reactive ketones (excluding diaryl/α,β-unsaturated/α-hetero) is 1. The molecule has 1 aliphatic rings. The number of likely N-dealkylation sites (tertiary alicyclic amines) is 1. The van der Waals surface area contributed by atoms with Crippen molar-refractivity contribution in [3.05, 3.63) is 46.3 Å². The van der Waals surface area contributed by atoms with Gasteiger partial charge in [-0.2, -0.15) is 0 Å². The first-order chi connectivity index (χ1) is 11.2. The fourth-order valence-electron chi connectivity index (χ4n) is 2.66. The van der Waals surface area contributed by atoms with Crippen molar-refractivity contribution in [2.75, 3.05) is 13.1 Å². The third-order valence-corrected chi connectivity index (χ3v) is 3.81. The minimum Gasteiger partial charge on any atom is -0.445 e. The van der Waals surface area contributed by atoms with Gasteiger partial charge in [-0.15, -0.1) is 0 Å². The van der Waals surface area contributed by atoms with Gasteiger partial charge in [0.1, 0.15) is 6.61 Å². The molecular weight excluding hydrogens is 296 g/mol. The van der Waals surface area contributed by atoms with Crippen LogP contribution >= 0.6 is 0 Å². The maximum atomic E-state index is 12.2. The number of hydrogen-bond donors (Lipinski definition) is 0. The molecule has 122 valence electrons. The van der Waals surface area contributed by atoms with E-state index in [2.05, 4.69) is 10.0 Å². The quantitative estimate of drug-likeness (QED) is 0.333. The van der Waals surface area contributed by atoms with Crippen LogP contribution in [-0.4, -0.2) is 35.9 Å². The predicted molar refractivity (Wildman–Crippen MR) is 84.6 cm³/mol. The maximum Gasteiger partial charge on any atom is 0.410 e. The van der Waals surface area contributed by atoms with Crippen LogP contribution in [0, 0.1) is 0 Å². The second-order valence-corrected chi connectivity index (χ2v) is 5.42. The fraction of sp³-hybridized carbons (Fsp3) is 0.500. The summed E-state index contributed by atoms with van der Waals surface area (Å²) >= 11 is 0. The Hall–Kier alpha value is -2.53. The predicted octanol–water partition coefficient (Wildman–Crippen LogP) is 3.45. The van der Waals surface area contributed by atoms with E-state index in [1.54, 1.807) is 0 Å². The van der Waals surface area contributed by atoms with Crippen LogP contribution < -0.4 is 0 Å². The molecule has 1 aromatic carbocycles. The van der Waals surface area contributed by atoms with E-state index in [4.69, 9.17) is 10.3 Å². The third kappa shape index (κ3) is 5.00. The Morgan fingerprint density at radius 3 is 2.87 bits per heavy atom. The van der Waals surface area contributed by atoms with Crippen molar-refractivity contribution in [1.82, 2.24) is 4.90 Å². The lowest BCUT2D eigenvalue weighted by Gasteiger charge is -2.23. The van der Waals surface area contributed by atoms with Gasteiger partial charge in [0.15, 0.2) is 5.78 Å². The summed E-state index contributed by atoms with van der Waals surface area (Å²) in [6, 6.07) is 9.02. The zero-order valence-electron chi connectivity index (χ0n) is 12.9. The highest BCUT2D eigenvalue weighted by molar-refractivity contribution is 5.87. The average molecular weight is 316 g/mol. The summed E-state index contributed by atoms with van der Waals surface area (Å²) in [5.41, 5.74) is 9.13. The van der Waals surface area contributed by atoms with Crippen molar-refractivity contribution in [2.24, 2.45) is 5.11 Å². The Morgan fingerprint density at radius 1 is 1.35 bits per heavy atom. The molecule has 1 aliphatic heterocycles. The molecule has 0 saturated carbocycles. The van der Waals surface area contributed by atoms with E-state index in [1.165, 1.54) is 4.90 Å². The van der Waals surface area contributed by atoms with Crippen LogP contribution in [0.15, 0.2) is 35.4 Å². The van der Waals surface area contributed by atoms with Crippen LogP contribution in [0.1, 0.15) is 31.2 Å². The number of nitrogens with zero attached hydrogens (tertiary/aromatic N) is 4. The van der Waals surface area contributed by atoms with Crippen molar-refractivity contribution in [1.29, 1.82) is 0 Å². The Bertz CT molecular complexity index is 584. The van der Waals surface area contributed by atoms with E-state index in [0.717, 1.165) is 12.0 Å². The Morgan fingerprint density at radius 2 is 2.13 bits per heavy atom. The highest BCUT2D eigenvalue weighted by atomic mass is 16.6. The van der Waals surface area contributed by atoms with Crippen LogP contribution in [0.4, 0.5) is 4.79 Å². The van der Waals surface area contributed by atoms with Gasteiger partial charge < -0.3 is 4.74 Å². The minimum absolute atomic E-state index is 0.00676. The summed E-state index contributed by atoms with van der Waals surface area (Å²) < 4.78 is 5.30. The summed E-state index contributed by atoms with van der Waals surface area (Å²) in [5, 5.41) is 3.41. The summed E-state index contributed by atoms with van der Waals surface area (Å²) in [4.78, 5) is 28.6. The number of carbonyl (C=O) groups excluding carboxylic acids is 2. The van der Waals surface area contributed by atoms with E-state index < -0.39 is 12.1 Å². The molecule has 0 N–H and O–H groups in total. The SMILES string of the molecule is [N-]=[N+]=NCCCC(=O)C1CCCN1C(=O)OCc1ccccc1. The van der Waals surface area contributed by atoms with Gasteiger partial charge in [0, 0.05) is 24.4 Å². The Labute approximate surface area is 134 Å². The standard InChI is InChI=1S/C16H20N4O3/c17-19-18-10-4-9-15(21)14-8-5-11-20(14)16(22)23-12-13-6-2-1-3-7-13/h1-3,6-7,14H,4-5,8-12H2. The fourth-order valence-corrected chi connectivity index (χ4v) is 2.66. The Kier molecular flexibility index (Phi) is 6.44. The number of ether oxygens (including phenoxy) is 1. The average Bonchev–Trinajstić information content (AvgIpc) is 3.07. The van der Waals surface area contributed by atoms with Crippen LogP contribution in [0.2, 0.25) is 0 Å². The molecule has 1 fully saturated rings. The summed E-state index contributed by atoms with van der Waals surface area (Å²) in [5.74, 6) is 0.00676. The summed E-state index contributed by atoms with van der Waals surface area (Å²) in [6.45, 7) is 1.04. The van der Waals surface area contributed by atoms with E-state index in [0.29, 0.717) is 32.4 Å². The van der Waals surface area contributed by atoms with Gasteiger partial charge in [-0.3, -0.25) is 9.69 Å². The molecular formula is C16H20N4O3. The van der Waals surface area contributed by atoms with Crippen molar-refractivity contribution >= 4 is 11.9 Å². The molecule has 0 bridgehead atoms. The molecule has 0 radical (unpaired) electrons. The maximum absolute atomic E-state index is 12.2. The van der Waals surface area contributed by atoms with E-state index >= 15 is 0 Å². The van der Waals surface area contributed by atoms with Crippen LogP contribution in [-0.2, 0) is 16.1 Å². The molecule has 1 atom stereocenters. The molecule has 0 aromatic heterocycles. The first kappa shape index (κ1) is 16.8. The van der Waals surface area contributed by atoms with Gasteiger partial charge in [0.25, 0.3) is 0 Å². The van der Waals surface area contributed by atoms with Crippen molar-refractivity contribution in [3.8, 4) is 0 Å². The third-order valence-electron chi connectivity index (χ3n) is 3.81. The summed E-state index contributed by atoms with van der Waals surface area (Å²) in [6.07, 6.45) is 1.84. The van der Waals surface area contributed by atoms with Gasteiger partial charge in [-0.05, 0) is 30.4 Å². The van der Waals surface area contributed by atoms with Crippen molar-refractivity contribution < 1.29 is 14.3 Å². The van der Waals surface area contributed by atoms with Crippen molar-refractivity contribution in [2.45, 2.75) is 38.3 Å². The first-order valence-corrected chi connectivity index (χ1v) is 7.73. The molecule has 1 heterocycles. The lowest BCUT2D eigenvalue weighted by Crippen LogP contribution is -2.40. The molecule has 7 nitrogen and oxygen atoms in total. The van der Waals surface area contributed by atoms with Gasteiger partial charge in [0.2, 0.25) is 0 Å². The second kappa shape index (κ2) is 8.80. The van der Waals surface area contributed by atoms with E-state index in [9.17, 15) is 9.59 Å². The lowest BCUT2D eigenvalue weighted by atomic mass is 10.1. The van der Waals surface area contributed by atoms with Crippen molar-refractivity contribution in [3.63, 3.8) is 0 Å². The van der Waals surface area contributed by atoms with Gasteiger partial charge in [0.05, 0.1) is 6.04 Å². The van der Waals surface area contributed by atoms with E-state index in [1.807, 2.05) is 30.3 Å². The molecule has 1 saturated heterocycles. The molecule has 1 unspecified atom stereocenters. The monoisotopic (exact) mass is 316 g/mol. The van der Waals surface area contributed by atoms with Gasteiger partial charge >= 0.3 is 6.09 Å². The zero-order valence-corrected chi connectivity index (χ0v) is 12.9. The zero-order chi connectivity index (χ0) is 16.5. The number of ketones is 1. The molecule has 2 rings (SSSR count). The molecule has 1 amide bonds. The largest absolute Gasteiger partial charge is 0.445 e. The molecule has 0 spiro atoms. The molecule has 7 heteroatoms. The molecule has 0 aliphatic carbocycles. The topological polar surface area (TPSA) is 95.4 Å². The van der Waals surface area contributed by atoms with Crippen LogP contribution in [0.25, 0.3) is 10.4 Å². The van der Waals surface area contributed by atoms with E-state index in [-0.39, 0.29) is 12.4 Å². The number of rotatable bonds is 7. The van der Waals surface area contributed by atoms with Crippen LogP contribution in [0.5, 0.6) is 0 Å². The van der Waals surface area contributed by atoms with Crippen LogP contribution in [0.3, 0.4) is 0 Å². The minimum atomic E-state index is -0.445. The number of hydrogen-bond acceptors (Lipinski definition) is 4. The van der Waals surface area contributed by atoms with Gasteiger partial charge in [-0.1, -0.05) is 35.4 Å². The molecule has 23 heavy (non-hydrogen) atoms. The highest BCUT2D eigenvalue weighted by Crippen LogP contribution is 2.21. The molecule has 1 aromatic rings. The second-order valence-electron chi connectivity index (χ2n) is 5.42. The summed E-state index contributed by atoms with van der Waals surface area (Å²) in [7, 11) is 0. The smallest absolute Gasteiger partial charge is 0.410 e. The number of carbonyl (C=O) groups is 2. The highest BCUT2D eigenvalue weighted by Gasteiger charge is 2.34. The number of benzene rings is 1. The lowest BCUT2D eigenvalue weighted by molar-refractivity contribution is -0.123. The number of azide groups is 1.